The maximum absolute atomic E-state index is 13.3. The SMILES string of the molecule is O=C(O)c1ccncc1CCC1CCOc2cc(F)ccc21. The Hall–Kier alpha value is -2.43. The number of fused-ring (bicyclic) bond motifs is 1. The van der Waals surface area contributed by atoms with Crippen LogP contribution in [0.1, 0.15) is 40.2 Å². The van der Waals surface area contributed by atoms with Crippen molar-refractivity contribution in [2.45, 2.75) is 25.2 Å². The Balaban J connectivity index is 1.77. The number of benzene rings is 1. The number of carboxylic acid groups (broad SMARTS) is 1. The van der Waals surface area contributed by atoms with E-state index < -0.39 is 5.97 Å². The largest absolute Gasteiger partial charge is 0.493 e. The van der Waals surface area contributed by atoms with Crippen molar-refractivity contribution in [2.75, 3.05) is 6.61 Å². The maximum Gasteiger partial charge on any atom is 0.336 e. The summed E-state index contributed by atoms with van der Waals surface area (Å²) in [5, 5.41) is 9.20. The van der Waals surface area contributed by atoms with E-state index >= 15 is 0 Å². The van der Waals surface area contributed by atoms with Gasteiger partial charge >= 0.3 is 5.97 Å². The smallest absolute Gasteiger partial charge is 0.336 e. The van der Waals surface area contributed by atoms with Gasteiger partial charge in [0, 0.05) is 18.5 Å². The van der Waals surface area contributed by atoms with Gasteiger partial charge in [0.15, 0.2) is 0 Å². The van der Waals surface area contributed by atoms with Crippen molar-refractivity contribution in [2.24, 2.45) is 0 Å². The van der Waals surface area contributed by atoms with E-state index in [0.29, 0.717) is 24.3 Å². The number of pyridine rings is 1. The van der Waals surface area contributed by atoms with Gasteiger partial charge in [-0.2, -0.15) is 0 Å². The van der Waals surface area contributed by atoms with Gasteiger partial charge in [-0.05, 0) is 48.4 Å². The molecule has 0 saturated heterocycles. The van der Waals surface area contributed by atoms with Crippen LogP contribution in [-0.2, 0) is 6.42 Å². The third-order valence-electron chi connectivity index (χ3n) is 4.04. The summed E-state index contributed by atoms with van der Waals surface area (Å²) in [6, 6.07) is 6.13. The van der Waals surface area contributed by atoms with E-state index in [9.17, 15) is 14.3 Å². The van der Waals surface area contributed by atoms with Crippen LogP contribution < -0.4 is 4.74 Å². The molecular weight excluding hydrogens is 285 g/mol. The number of hydrogen-bond donors (Lipinski definition) is 1. The predicted molar refractivity (Wildman–Crippen MR) is 78.8 cm³/mol. The van der Waals surface area contributed by atoms with Crippen molar-refractivity contribution in [1.82, 2.24) is 4.98 Å². The quantitative estimate of drug-likeness (QED) is 0.940. The lowest BCUT2D eigenvalue weighted by atomic mass is 9.87. The Bertz CT molecular complexity index is 702. The summed E-state index contributed by atoms with van der Waals surface area (Å²) >= 11 is 0. The molecule has 3 rings (SSSR count). The number of halogens is 1. The van der Waals surface area contributed by atoms with Crippen LogP contribution in [0, 0.1) is 5.82 Å². The molecule has 5 heteroatoms. The molecular formula is C17H16FNO3. The third kappa shape index (κ3) is 2.93. The second-order valence-electron chi connectivity index (χ2n) is 5.39. The fourth-order valence-electron chi connectivity index (χ4n) is 2.90. The van der Waals surface area contributed by atoms with E-state index in [1.807, 2.05) is 0 Å². The molecule has 1 unspecified atom stereocenters. The maximum atomic E-state index is 13.3. The second-order valence-corrected chi connectivity index (χ2v) is 5.39. The molecule has 4 nitrogen and oxygen atoms in total. The zero-order valence-corrected chi connectivity index (χ0v) is 12.0. The summed E-state index contributed by atoms with van der Waals surface area (Å²) in [6.07, 6.45) is 5.35. The number of ether oxygens (including phenoxy) is 1. The number of aryl methyl sites for hydroxylation is 1. The van der Waals surface area contributed by atoms with E-state index in [2.05, 4.69) is 4.98 Å². The first-order valence-corrected chi connectivity index (χ1v) is 7.23. The van der Waals surface area contributed by atoms with Crippen LogP contribution in [0.5, 0.6) is 5.75 Å². The number of nitrogens with zero attached hydrogens (tertiary/aromatic N) is 1. The number of carbonyl (C=O) groups is 1. The zero-order chi connectivity index (χ0) is 15.5. The molecule has 0 aliphatic carbocycles. The zero-order valence-electron chi connectivity index (χ0n) is 12.0. The van der Waals surface area contributed by atoms with Crippen molar-refractivity contribution in [1.29, 1.82) is 0 Å². The van der Waals surface area contributed by atoms with Crippen molar-refractivity contribution >= 4 is 5.97 Å². The molecule has 0 spiro atoms. The van der Waals surface area contributed by atoms with Crippen molar-refractivity contribution in [3.05, 3.63) is 59.2 Å². The Kier molecular flexibility index (Phi) is 4.04. The Morgan fingerprint density at radius 1 is 1.41 bits per heavy atom. The number of aromatic carboxylic acids is 1. The van der Waals surface area contributed by atoms with E-state index in [4.69, 9.17) is 4.74 Å². The summed E-state index contributed by atoms with van der Waals surface area (Å²) < 4.78 is 18.8. The molecule has 0 amide bonds. The minimum Gasteiger partial charge on any atom is -0.493 e. The van der Waals surface area contributed by atoms with Gasteiger partial charge in [0.05, 0.1) is 12.2 Å². The minimum absolute atomic E-state index is 0.242. The van der Waals surface area contributed by atoms with Gasteiger partial charge in [-0.3, -0.25) is 4.98 Å². The molecule has 1 aromatic carbocycles. The Labute approximate surface area is 127 Å². The first kappa shape index (κ1) is 14.5. The molecule has 2 heterocycles. The van der Waals surface area contributed by atoms with E-state index in [0.717, 1.165) is 24.0 Å². The third-order valence-corrected chi connectivity index (χ3v) is 4.04. The topological polar surface area (TPSA) is 59.4 Å². The van der Waals surface area contributed by atoms with Gasteiger partial charge in [0.2, 0.25) is 0 Å². The number of aromatic nitrogens is 1. The standard InChI is InChI=1S/C17H16FNO3/c18-13-3-4-14-11(6-8-22-16(14)9-13)1-2-12-10-19-7-5-15(12)17(20)21/h3-5,7,9-11H,1-2,6,8H2,(H,20,21). The molecule has 22 heavy (non-hydrogen) atoms. The molecule has 1 atom stereocenters. The first-order chi connectivity index (χ1) is 10.6. The molecule has 0 bridgehead atoms. The van der Waals surface area contributed by atoms with Crippen LogP contribution in [0.25, 0.3) is 0 Å². The molecule has 114 valence electrons. The Morgan fingerprint density at radius 3 is 3.09 bits per heavy atom. The molecule has 1 N–H and O–H groups in total. The normalized spacial score (nSPS) is 16.7. The van der Waals surface area contributed by atoms with Gasteiger partial charge in [-0.1, -0.05) is 6.07 Å². The number of rotatable bonds is 4. The Morgan fingerprint density at radius 2 is 2.27 bits per heavy atom. The molecule has 1 aliphatic rings. The molecule has 0 fully saturated rings. The average Bonchev–Trinajstić information content (AvgIpc) is 2.52. The molecule has 0 saturated carbocycles. The number of hydrogen-bond acceptors (Lipinski definition) is 3. The van der Waals surface area contributed by atoms with Crippen molar-refractivity contribution in [3.8, 4) is 5.75 Å². The molecule has 1 aliphatic heterocycles. The summed E-state index contributed by atoms with van der Waals surface area (Å²) in [5.41, 5.74) is 2.01. The van der Waals surface area contributed by atoms with Crippen molar-refractivity contribution < 1.29 is 19.0 Å². The molecule has 1 aromatic heterocycles. The van der Waals surface area contributed by atoms with Crippen LogP contribution >= 0.6 is 0 Å². The van der Waals surface area contributed by atoms with E-state index in [1.165, 1.54) is 24.4 Å². The van der Waals surface area contributed by atoms with E-state index in [-0.39, 0.29) is 11.7 Å². The number of carboxylic acids is 1. The fourth-order valence-corrected chi connectivity index (χ4v) is 2.90. The van der Waals surface area contributed by atoms with Crippen LogP contribution in [0.15, 0.2) is 36.7 Å². The summed E-state index contributed by atoms with van der Waals surface area (Å²) in [5.74, 6) is -0.404. The highest BCUT2D eigenvalue weighted by molar-refractivity contribution is 5.89. The van der Waals surface area contributed by atoms with Gasteiger partial charge < -0.3 is 9.84 Å². The fraction of sp³-hybridized carbons (Fsp3) is 0.294. The van der Waals surface area contributed by atoms with Gasteiger partial charge in [-0.25, -0.2) is 9.18 Å². The summed E-state index contributed by atoms with van der Waals surface area (Å²) in [7, 11) is 0. The molecule has 0 radical (unpaired) electrons. The van der Waals surface area contributed by atoms with Crippen molar-refractivity contribution in [3.63, 3.8) is 0 Å². The lowest BCUT2D eigenvalue weighted by Gasteiger charge is -2.26. The highest BCUT2D eigenvalue weighted by Gasteiger charge is 2.22. The minimum atomic E-state index is -0.938. The van der Waals surface area contributed by atoms with Crippen LogP contribution in [-0.4, -0.2) is 22.7 Å². The van der Waals surface area contributed by atoms with E-state index in [1.54, 1.807) is 12.3 Å². The van der Waals surface area contributed by atoms with Crippen LogP contribution in [0.3, 0.4) is 0 Å². The van der Waals surface area contributed by atoms with Crippen LogP contribution in [0.2, 0.25) is 0 Å². The lowest BCUT2D eigenvalue weighted by Crippen LogP contribution is -2.15. The monoisotopic (exact) mass is 301 g/mol. The first-order valence-electron chi connectivity index (χ1n) is 7.23. The molecule has 2 aromatic rings. The second kappa shape index (κ2) is 6.13. The highest BCUT2D eigenvalue weighted by atomic mass is 19.1. The summed E-state index contributed by atoms with van der Waals surface area (Å²) in [4.78, 5) is 15.2. The van der Waals surface area contributed by atoms with Crippen LogP contribution in [0.4, 0.5) is 4.39 Å². The summed E-state index contributed by atoms with van der Waals surface area (Å²) in [6.45, 7) is 0.556. The average molecular weight is 301 g/mol. The van der Waals surface area contributed by atoms with Gasteiger partial charge in [-0.15, -0.1) is 0 Å². The highest BCUT2D eigenvalue weighted by Crippen LogP contribution is 2.36. The van der Waals surface area contributed by atoms with Gasteiger partial charge in [0.1, 0.15) is 11.6 Å². The van der Waals surface area contributed by atoms with Gasteiger partial charge in [0.25, 0.3) is 0 Å². The predicted octanol–water partition coefficient (Wildman–Crippen LogP) is 3.42. The lowest BCUT2D eigenvalue weighted by molar-refractivity contribution is 0.0695.